The molecule has 0 spiro atoms. The number of esters is 2. The van der Waals surface area contributed by atoms with Crippen LogP contribution in [-0.2, 0) is 19.1 Å². The SMILES string of the molecule is CCOC(=O)CN(C(=O)COC(=O)c1c(C)oc(-n2cccc2)c1C#N)c1ccccc1. The van der Waals surface area contributed by atoms with Crippen LogP contribution in [0.4, 0.5) is 5.69 Å². The van der Waals surface area contributed by atoms with Crippen molar-refractivity contribution in [3.05, 3.63) is 71.7 Å². The summed E-state index contributed by atoms with van der Waals surface area (Å²) in [4.78, 5) is 38.6. The van der Waals surface area contributed by atoms with Gasteiger partial charge in [-0.2, -0.15) is 5.26 Å². The Hall–Kier alpha value is -4.32. The molecular formula is C23H21N3O6. The minimum absolute atomic E-state index is 0.00240. The third kappa shape index (κ3) is 4.87. The number of hydrogen-bond donors (Lipinski definition) is 0. The van der Waals surface area contributed by atoms with E-state index in [1.807, 2.05) is 6.07 Å². The number of ether oxygens (including phenoxy) is 2. The van der Waals surface area contributed by atoms with Crippen molar-refractivity contribution in [3.8, 4) is 12.0 Å². The van der Waals surface area contributed by atoms with Crippen molar-refractivity contribution < 1.29 is 28.3 Å². The summed E-state index contributed by atoms with van der Waals surface area (Å²) >= 11 is 0. The van der Waals surface area contributed by atoms with Crippen LogP contribution < -0.4 is 4.90 Å². The number of amides is 1. The van der Waals surface area contributed by atoms with Gasteiger partial charge in [0.1, 0.15) is 29.5 Å². The molecule has 9 heteroatoms. The van der Waals surface area contributed by atoms with E-state index in [0.29, 0.717) is 5.69 Å². The summed E-state index contributed by atoms with van der Waals surface area (Å²) in [6, 6.07) is 13.9. The van der Waals surface area contributed by atoms with E-state index >= 15 is 0 Å². The van der Waals surface area contributed by atoms with Crippen LogP contribution in [0.1, 0.15) is 28.6 Å². The van der Waals surface area contributed by atoms with Crippen molar-refractivity contribution in [1.82, 2.24) is 4.57 Å². The quantitative estimate of drug-likeness (QED) is 0.500. The number of anilines is 1. The second-order valence-electron chi connectivity index (χ2n) is 6.61. The van der Waals surface area contributed by atoms with Crippen LogP contribution >= 0.6 is 0 Å². The van der Waals surface area contributed by atoms with Crippen LogP contribution in [0.3, 0.4) is 0 Å². The largest absolute Gasteiger partial charge is 0.465 e. The molecule has 0 saturated heterocycles. The minimum atomic E-state index is -0.876. The molecule has 2 aromatic heterocycles. The lowest BCUT2D eigenvalue weighted by Gasteiger charge is -2.21. The molecule has 32 heavy (non-hydrogen) atoms. The fourth-order valence-corrected chi connectivity index (χ4v) is 3.08. The highest BCUT2D eigenvalue weighted by molar-refractivity contribution is 6.01. The third-order valence-corrected chi connectivity index (χ3v) is 4.51. The summed E-state index contributed by atoms with van der Waals surface area (Å²) < 4.78 is 17.3. The van der Waals surface area contributed by atoms with Crippen molar-refractivity contribution >= 4 is 23.5 Å². The minimum Gasteiger partial charge on any atom is -0.465 e. The van der Waals surface area contributed by atoms with Crippen molar-refractivity contribution in [3.63, 3.8) is 0 Å². The van der Waals surface area contributed by atoms with Gasteiger partial charge in [-0.1, -0.05) is 18.2 Å². The Bertz CT molecular complexity index is 1140. The maximum atomic E-state index is 12.8. The number of nitrogens with zero attached hydrogens (tertiary/aromatic N) is 3. The Morgan fingerprint density at radius 2 is 1.78 bits per heavy atom. The van der Waals surface area contributed by atoms with E-state index in [1.54, 1.807) is 66.3 Å². The second-order valence-corrected chi connectivity index (χ2v) is 6.61. The summed E-state index contributed by atoms with van der Waals surface area (Å²) in [6.07, 6.45) is 3.34. The topological polar surface area (TPSA) is 115 Å². The van der Waals surface area contributed by atoms with Crippen LogP contribution in [0.2, 0.25) is 0 Å². The normalized spacial score (nSPS) is 10.3. The average molecular weight is 435 g/mol. The zero-order chi connectivity index (χ0) is 23.1. The molecular weight excluding hydrogens is 414 g/mol. The number of nitriles is 1. The zero-order valence-corrected chi connectivity index (χ0v) is 17.6. The van der Waals surface area contributed by atoms with E-state index in [9.17, 15) is 19.6 Å². The number of carbonyl (C=O) groups excluding carboxylic acids is 3. The lowest BCUT2D eigenvalue weighted by Crippen LogP contribution is -2.39. The average Bonchev–Trinajstić information content (AvgIpc) is 3.44. The lowest BCUT2D eigenvalue weighted by molar-refractivity contribution is -0.142. The smallest absolute Gasteiger partial charge is 0.343 e. The monoisotopic (exact) mass is 435 g/mol. The van der Waals surface area contributed by atoms with Gasteiger partial charge in [0.05, 0.1) is 6.61 Å². The van der Waals surface area contributed by atoms with Crippen LogP contribution in [0.15, 0.2) is 59.3 Å². The number of hydrogen-bond acceptors (Lipinski definition) is 7. The molecule has 0 aliphatic carbocycles. The number of aryl methyl sites for hydroxylation is 1. The summed E-state index contributed by atoms with van der Waals surface area (Å²) in [7, 11) is 0. The Morgan fingerprint density at radius 1 is 1.09 bits per heavy atom. The van der Waals surface area contributed by atoms with Gasteiger partial charge in [-0.05, 0) is 38.1 Å². The van der Waals surface area contributed by atoms with Crippen molar-refractivity contribution in [1.29, 1.82) is 5.26 Å². The maximum Gasteiger partial charge on any atom is 0.343 e. The Balaban J connectivity index is 1.77. The van der Waals surface area contributed by atoms with Crippen LogP contribution in [0.5, 0.6) is 0 Å². The Kier molecular flexibility index (Phi) is 7.08. The van der Waals surface area contributed by atoms with Gasteiger partial charge in [-0.15, -0.1) is 0 Å². The molecule has 9 nitrogen and oxygen atoms in total. The fraction of sp³-hybridized carbons (Fsp3) is 0.217. The molecule has 0 saturated carbocycles. The van der Waals surface area contributed by atoms with E-state index in [1.165, 1.54) is 11.8 Å². The number of benzene rings is 1. The van der Waals surface area contributed by atoms with Gasteiger partial charge < -0.3 is 13.9 Å². The number of furan rings is 1. The second kappa shape index (κ2) is 10.1. The van der Waals surface area contributed by atoms with Gasteiger partial charge in [0.2, 0.25) is 5.88 Å². The molecule has 0 fully saturated rings. The van der Waals surface area contributed by atoms with Gasteiger partial charge in [0.25, 0.3) is 5.91 Å². The molecule has 0 atom stereocenters. The molecule has 0 unspecified atom stereocenters. The highest BCUT2D eigenvalue weighted by atomic mass is 16.5. The molecule has 0 N–H and O–H groups in total. The predicted octanol–water partition coefficient (Wildman–Crippen LogP) is 3.00. The van der Waals surface area contributed by atoms with Gasteiger partial charge in [-0.3, -0.25) is 19.1 Å². The first kappa shape index (κ1) is 22.4. The standard InChI is InChI=1S/C23H21N3O6/c1-3-30-20(28)14-26(17-9-5-4-6-10-17)19(27)15-31-23(29)21-16(2)32-22(18(21)13-24)25-11-7-8-12-25/h4-12H,3,14-15H2,1-2H3. The molecule has 0 aliphatic rings. The van der Waals surface area contributed by atoms with Crippen LogP contribution in [0, 0.1) is 18.3 Å². The first-order chi connectivity index (χ1) is 15.5. The van der Waals surface area contributed by atoms with Gasteiger partial charge >= 0.3 is 11.9 Å². The molecule has 164 valence electrons. The predicted molar refractivity (Wildman–Crippen MR) is 113 cm³/mol. The number of carbonyl (C=O) groups is 3. The lowest BCUT2D eigenvalue weighted by atomic mass is 10.1. The Morgan fingerprint density at radius 3 is 2.41 bits per heavy atom. The molecule has 3 aromatic rings. The number of aromatic nitrogens is 1. The van der Waals surface area contributed by atoms with Gasteiger partial charge in [0, 0.05) is 18.1 Å². The third-order valence-electron chi connectivity index (χ3n) is 4.51. The highest BCUT2D eigenvalue weighted by Crippen LogP contribution is 2.26. The van der Waals surface area contributed by atoms with Crippen LogP contribution in [-0.4, -0.2) is 42.2 Å². The molecule has 0 bridgehead atoms. The summed E-state index contributed by atoms with van der Waals surface area (Å²) in [5.74, 6) is -1.72. The zero-order valence-electron chi connectivity index (χ0n) is 17.6. The molecule has 0 radical (unpaired) electrons. The van der Waals surface area contributed by atoms with E-state index in [0.717, 1.165) is 0 Å². The molecule has 0 aliphatic heterocycles. The molecule has 2 heterocycles. The summed E-state index contributed by atoms with van der Waals surface area (Å²) in [6.45, 7) is 2.40. The van der Waals surface area contributed by atoms with E-state index in [-0.39, 0.29) is 35.9 Å². The summed E-state index contributed by atoms with van der Waals surface area (Å²) in [5.41, 5.74) is 0.400. The van der Waals surface area contributed by atoms with Crippen molar-refractivity contribution in [2.45, 2.75) is 13.8 Å². The van der Waals surface area contributed by atoms with E-state index < -0.39 is 24.5 Å². The van der Waals surface area contributed by atoms with Gasteiger partial charge in [0.15, 0.2) is 6.61 Å². The van der Waals surface area contributed by atoms with E-state index in [4.69, 9.17) is 13.9 Å². The molecule has 1 amide bonds. The first-order valence-corrected chi connectivity index (χ1v) is 9.81. The highest BCUT2D eigenvalue weighted by Gasteiger charge is 2.27. The maximum absolute atomic E-state index is 12.8. The van der Waals surface area contributed by atoms with Crippen LogP contribution in [0.25, 0.3) is 5.88 Å². The summed E-state index contributed by atoms with van der Waals surface area (Å²) in [5, 5.41) is 9.57. The number of para-hydroxylation sites is 1. The van der Waals surface area contributed by atoms with Gasteiger partial charge in [-0.25, -0.2) is 4.79 Å². The molecule has 3 rings (SSSR count). The van der Waals surface area contributed by atoms with Crippen molar-refractivity contribution in [2.75, 3.05) is 24.7 Å². The fourth-order valence-electron chi connectivity index (χ4n) is 3.08. The van der Waals surface area contributed by atoms with E-state index in [2.05, 4.69) is 0 Å². The number of rotatable bonds is 8. The Labute approximate surface area is 184 Å². The molecule has 1 aromatic carbocycles. The first-order valence-electron chi connectivity index (χ1n) is 9.81. The van der Waals surface area contributed by atoms with Crippen molar-refractivity contribution in [2.24, 2.45) is 0 Å².